The molecular formula is C15H7ClF3N3O4. The van der Waals surface area contributed by atoms with Crippen molar-refractivity contribution in [2.75, 3.05) is 0 Å². The van der Waals surface area contributed by atoms with Crippen LogP contribution < -0.4 is 4.74 Å². The van der Waals surface area contributed by atoms with Crippen molar-refractivity contribution in [3.05, 3.63) is 69.1 Å². The van der Waals surface area contributed by atoms with E-state index in [1.165, 1.54) is 12.1 Å². The second-order valence-electron chi connectivity index (χ2n) is 5.07. The number of ether oxygens (including phenoxy) is 1. The molecule has 0 aliphatic rings. The number of nitro benzene ring substituents is 1. The molecule has 0 unspecified atom stereocenters. The Kier molecular flexibility index (Phi) is 4.28. The topological polar surface area (TPSA) is 86.7 Å². The van der Waals surface area contributed by atoms with Crippen LogP contribution in [-0.4, -0.2) is 20.3 Å². The molecule has 0 saturated heterocycles. The van der Waals surface area contributed by atoms with Crippen LogP contribution in [-0.2, 0) is 6.18 Å². The maximum atomic E-state index is 12.8. The van der Waals surface area contributed by atoms with E-state index >= 15 is 0 Å². The number of carbonyl (C=O) groups excluding carboxylic acids is 1. The van der Waals surface area contributed by atoms with Gasteiger partial charge in [0.25, 0.3) is 5.69 Å². The summed E-state index contributed by atoms with van der Waals surface area (Å²) in [6, 6.07) is 5.40. The van der Waals surface area contributed by atoms with Gasteiger partial charge in [0.1, 0.15) is 5.75 Å². The number of non-ortho nitro benzene ring substituents is 1. The Morgan fingerprint density at radius 1 is 1.23 bits per heavy atom. The number of halogens is 4. The minimum Gasteiger partial charge on any atom is -0.422 e. The van der Waals surface area contributed by atoms with Gasteiger partial charge in [-0.1, -0.05) is 11.6 Å². The maximum Gasteiger partial charge on any atom is 0.417 e. The van der Waals surface area contributed by atoms with Crippen molar-refractivity contribution in [3.63, 3.8) is 0 Å². The fraction of sp³-hybridized carbons (Fsp3) is 0.0667. The molecule has 3 rings (SSSR count). The molecule has 0 saturated carbocycles. The van der Waals surface area contributed by atoms with Crippen molar-refractivity contribution in [1.82, 2.24) is 9.38 Å². The fourth-order valence-corrected chi connectivity index (χ4v) is 2.36. The van der Waals surface area contributed by atoms with Crippen LogP contribution in [0.15, 0.2) is 42.7 Å². The van der Waals surface area contributed by atoms with E-state index in [9.17, 15) is 28.1 Å². The zero-order valence-electron chi connectivity index (χ0n) is 12.5. The number of alkyl halides is 3. The number of hydrogen-bond donors (Lipinski definition) is 0. The van der Waals surface area contributed by atoms with Crippen LogP contribution in [0.3, 0.4) is 0 Å². The molecule has 11 heteroatoms. The van der Waals surface area contributed by atoms with E-state index < -0.39 is 22.6 Å². The Labute approximate surface area is 147 Å². The van der Waals surface area contributed by atoms with Gasteiger partial charge in [-0.2, -0.15) is 13.2 Å². The van der Waals surface area contributed by atoms with Crippen LogP contribution in [0.2, 0.25) is 5.02 Å². The highest BCUT2D eigenvalue weighted by molar-refractivity contribution is 6.33. The predicted octanol–water partition coefficient (Wildman–Crippen LogP) is 4.13. The van der Waals surface area contributed by atoms with Gasteiger partial charge in [-0.15, -0.1) is 0 Å². The summed E-state index contributed by atoms with van der Waals surface area (Å²) in [4.78, 5) is 25.9. The zero-order valence-corrected chi connectivity index (χ0v) is 13.3. The molecular weight excluding hydrogens is 379 g/mol. The number of fused-ring (bicyclic) bond motifs is 1. The van der Waals surface area contributed by atoms with Gasteiger partial charge in [0.2, 0.25) is 0 Å². The second kappa shape index (κ2) is 6.30. The van der Waals surface area contributed by atoms with Gasteiger partial charge < -0.3 is 9.14 Å². The molecule has 0 radical (unpaired) electrons. The number of hydrogen-bond acceptors (Lipinski definition) is 5. The van der Waals surface area contributed by atoms with Crippen LogP contribution in [0.4, 0.5) is 18.9 Å². The second-order valence-corrected chi connectivity index (χ2v) is 5.48. The zero-order chi connectivity index (χ0) is 19.1. The lowest BCUT2D eigenvalue weighted by atomic mass is 10.3. The lowest BCUT2D eigenvalue weighted by molar-refractivity contribution is -0.384. The molecule has 0 bridgehead atoms. The lowest BCUT2D eigenvalue weighted by Crippen LogP contribution is -2.08. The highest BCUT2D eigenvalue weighted by atomic mass is 35.5. The first-order valence-electron chi connectivity index (χ1n) is 6.87. The van der Waals surface area contributed by atoms with Gasteiger partial charge in [-0.05, 0) is 18.2 Å². The van der Waals surface area contributed by atoms with Gasteiger partial charge in [-0.3, -0.25) is 10.1 Å². The lowest BCUT2D eigenvalue weighted by Gasteiger charge is -2.07. The fourth-order valence-electron chi connectivity index (χ4n) is 2.11. The van der Waals surface area contributed by atoms with Crippen LogP contribution in [0.5, 0.6) is 5.75 Å². The molecule has 0 N–H and O–H groups in total. The van der Waals surface area contributed by atoms with Crippen molar-refractivity contribution < 1.29 is 27.6 Å². The quantitative estimate of drug-likeness (QED) is 0.293. The third kappa shape index (κ3) is 3.45. The van der Waals surface area contributed by atoms with E-state index in [0.717, 1.165) is 28.9 Å². The normalized spacial score (nSPS) is 11.5. The molecule has 2 heterocycles. The monoisotopic (exact) mass is 385 g/mol. The number of esters is 1. The summed E-state index contributed by atoms with van der Waals surface area (Å²) >= 11 is 5.79. The Morgan fingerprint density at radius 2 is 1.88 bits per heavy atom. The maximum absolute atomic E-state index is 12.8. The molecule has 0 spiro atoms. The Bertz CT molecular complexity index is 1020. The van der Waals surface area contributed by atoms with Crippen molar-refractivity contribution in [2.45, 2.75) is 6.18 Å². The van der Waals surface area contributed by atoms with Gasteiger partial charge in [0, 0.05) is 24.5 Å². The number of carbonyl (C=O) groups is 1. The first kappa shape index (κ1) is 17.7. The summed E-state index contributed by atoms with van der Waals surface area (Å²) in [5, 5.41) is 10.3. The number of rotatable bonds is 3. The number of pyridine rings is 1. The minimum absolute atomic E-state index is 0.0136. The summed E-state index contributed by atoms with van der Waals surface area (Å²) in [6.07, 6.45) is -2.82. The summed E-state index contributed by atoms with van der Waals surface area (Å²) in [7, 11) is 0. The third-order valence-corrected chi connectivity index (χ3v) is 3.58. The van der Waals surface area contributed by atoms with E-state index in [2.05, 4.69) is 4.98 Å². The number of aromatic nitrogens is 2. The molecule has 0 aliphatic heterocycles. The standard InChI is InChI=1S/C15H7ClF3N3O4/c16-11-5-8(15(17,18)19)6-21-7-12(20-13(11)21)14(23)26-10-3-1-9(2-4-10)22(24)25/h1-7H. The highest BCUT2D eigenvalue weighted by Crippen LogP contribution is 2.32. The molecule has 0 fully saturated rings. The summed E-state index contributed by atoms with van der Waals surface area (Å²) < 4.78 is 44.4. The summed E-state index contributed by atoms with van der Waals surface area (Å²) in [6.45, 7) is 0. The highest BCUT2D eigenvalue weighted by Gasteiger charge is 2.32. The number of nitro groups is 1. The van der Waals surface area contributed by atoms with Crippen molar-refractivity contribution in [3.8, 4) is 5.75 Å². The molecule has 0 amide bonds. The first-order valence-corrected chi connectivity index (χ1v) is 7.25. The smallest absolute Gasteiger partial charge is 0.417 e. The van der Waals surface area contributed by atoms with Crippen LogP contribution in [0.25, 0.3) is 5.65 Å². The molecule has 2 aromatic heterocycles. The molecule has 0 atom stereocenters. The van der Waals surface area contributed by atoms with Crippen LogP contribution in [0, 0.1) is 10.1 Å². The first-order chi connectivity index (χ1) is 12.1. The number of benzene rings is 1. The Balaban J connectivity index is 1.89. The van der Waals surface area contributed by atoms with Crippen LogP contribution in [0.1, 0.15) is 16.1 Å². The van der Waals surface area contributed by atoms with Gasteiger partial charge in [-0.25, -0.2) is 9.78 Å². The molecule has 3 aromatic rings. The third-order valence-electron chi connectivity index (χ3n) is 3.30. The van der Waals surface area contributed by atoms with Crippen molar-refractivity contribution in [2.24, 2.45) is 0 Å². The minimum atomic E-state index is -4.61. The molecule has 134 valence electrons. The van der Waals surface area contributed by atoms with Gasteiger partial charge in [0.15, 0.2) is 11.3 Å². The van der Waals surface area contributed by atoms with Crippen LogP contribution >= 0.6 is 11.6 Å². The average molecular weight is 386 g/mol. The molecule has 1 aromatic carbocycles. The Morgan fingerprint density at radius 3 is 2.46 bits per heavy atom. The van der Waals surface area contributed by atoms with E-state index in [1.807, 2.05) is 0 Å². The Hall–Kier alpha value is -3.14. The molecule has 26 heavy (non-hydrogen) atoms. The molecule has 7 nitrogen and oxygen atoms in total. The predicted molar refractivity (Wildman–Crippen MR) is 83.3 cm³/mol. The average Bonchev–Trinajstić information content (AvgIpc) is 2.99. The van der Waals surface area contributed by atoms with Crippen molar-refractivity contribution in [1.29, 1.82) is 0 Å². The van der Waals surface area contributed by atoms with Gasteiger partial charge in [0.05, 0.1) is 15.5 Å². The number of nitrogens with zero attached hydrogens (tertiary/aromatic N) is 3. The van der Waals surface area contributed by atoms with E-state index in [0.29, 0.717) is 6.07 Å². The van der Waals surface area contributed by atoms with Gasteiger partial charge >= 0.3 is 12.1 Å². The van der Waals surface area contributed by atoms with E-state index in [1.54, 1.807) is 0 Å². The summed E-state index contributed by atoms with van der Waals surface area (Å²) in [5.41, 5.74) is -1.51. The summed E-state index contributed by atoms with van der Waals surface area (Å²) in [5.74, 6) is -0.938. The van der Waals surface area contributed by atoms with E-state index in [-0.39, 0.29) is 27.8 Å². The van der Waals surface area contributed by atoms with E-state index in [4.69, 9.17) is 16.3 Å². The largest absolute Gasteiger partial charge is 0.422 e. The van der Waals surface area contributed by atoms with Crippen molar-refractivity contribution >= 4 is 28.9 Å². The number of imidazole rings is 1. The SMILES string of the molecule is O=C(Oc1ccc([N+](=O)[O-])cc1)c1cn2cc(C(F)(F)F)cc(Cl)c2n1. The molecule has 0 aliphatic carbocycles.